The van der Waals surface area contributed by atoms with E-state index in [4.69, 9.17) is 4.74 Å². The number of esters is 1. The van der Waals surface area contributed by atoms with Crippen molar-refractivity contribution in [2.24, 2.45) is 0 Å². The first-order valence-electron chi connectivity index (χ1n) is 5.81. The Hall–Kier alpha value is -0.940. The van der Waals surface area contributed by atoms with Gasteiger partial charge in [0.15, 0.2) is 0 Å². The summed E-state index contributed by atoms with van der Waals surface area (Å²) in [5.41, 5.74) is 0.607. The Kier molecular flexibility index (Phi) is 6.29. The third-order valence-corrected chi connectivity index (χ3v) is 2.94. The lowest BCUT2D eigenvalue weighted by Gasteiger charge is -2.16. The monoisotopic (exact) mass is 317 g/mol. The largest absolute Gasteiger partial charge is 0.466 e. The average molecular weight is 318 g/mol. The van der Waals surface area contributed by atoms with E-state index < -0.39 is 0 Å². The van der Waals surface area contributed by atoms with Gasteiger partial charge in [0.2, 0.25) is 0 Å². The Balaban J connectivity index is 2.46. The maximum absolute atomic E-state index is 13.5. The number of carbonyl (C=O) groups excluding carboxylic acids is 1. The summed E-state index contributed by atoms with van der Waals surface area (Å²) in [6.45, 7) is 3.18. The first-order valence-corrected chi connectivity index (χ1v) is 6.60. The van der Waals surface area contributed by atoms with Gasteiger partial charge in [-0.1, -0.05) is 15.9 Å². The maximum atomic E-state index is 13.5. The van der Waals surface area contributed by atoms with Gasteiger partial charge in [-0.2, -0.15) is 0 Å². The number of carbonyl (C=O) groups is 1. The summed E-state index contributed by atoms with van der Waals surface area (Å²) in [6, 6.07) is 4.84. The number of hydrogen-bond donors (Lipinski definition) is 0. The van der Waals surface area contributed by atoms with Crippen LogP contribution in [-0.2, 0) is 16.1 Å². The number of rotatable bonds is 6. The molecule has 0 fully saturated rings. The summed E-state index contributed by atoms with van der Waals surface area (Å²) in [7, 11) is 1.85. The standard InChI is InChI=1S/C13H17BrFNO2/c1-3-18-13(17)6-7-16(2)9-10-8-11(14)4-5-12(10)15/h4-5,8H,3,6-7,9H2,1-2H3. The highest BCUT2D eigenvalue weighted by molar-refractivity contribution is 9.10. The third kappa shape index (κ3) is 5.14. The minimum Gasteiger partial charge on any atom is -0.466 e. The van der Waals surface area contributed by atoms with Crippen molar-refractivity contribution in [2.75, 3.05) is 20.2 Å². The lowest BCUT2D eigenvalue weighted by atomic mass is 10.2. The SMILES string of the molecule is CCOC(=O)CCN(C)Cc1cc(Br)ccc1F. The molecule has 100 valence electrons. The molecule has 0 N–H and O–H groups in total. The molecule has 1 aromatic carbocycles. The Labute approximate surface area is 115 Å². The minimum atomic E-state index is -0.235. The van der Waals surface area contributed by atoms with Crippen molar-refractivity contribution in [1.29, 1.82) is 0 Å². The van der Waals surface area contributed by atoms with Crippen molar-refractivity contribution >= 4 is 21.9 Å². The van der Waals surface area contributed by atoms with Gasteiger partial charge in [-0.25, -0.2) is 4.39 Å². The summed E-state index contributed by atoms with van der Waals surface area (Å²) in [5, 5.41) is 0. The van der Waals surface area contributed by atoms with Crippen LogP contribution in [0.4, 0.5) is 4.39 Å². The van der Waals surface area contributed by atoms with Crippen molar-refractivity contribution in [2.45, 2.75) is 19.9 Å². The molecule has 0 radical (unpaired) electrons. The van der Waals surface area contributed by atoms with Crippen LogP contribution >= 0.6 is 15.9 Å². The molecule has 0 bridgehead atoms. The van der Waals surface area contributed by atoms with Crippen LogP contribution in [-0.4, -0.2) is 31.1 Å². The third-order valence-electron chi connectivity index (χ3n) is 2.45. The van der Waals surface area contributed by atoms with Crippen LogP contribution in [0.25, 0.3) is 0 Å². The number of hydrogen-bond acceptors (Lipinski definition) is 3. The fraction of sp³-hybridized carbons (Fsp3) is 0.462. The normalized spacial score (nSPS) is 10.7. The van der Waals surface area contributed by atoms with Gasteiger partial charge in [-0.15, -0.1) is 0 Å². The van der Waals surface area contributed by atoms with Crippen molar-refractivity contribution in [1.82, 2.24) is 4.90 Å². The molecule has 0 aliphatic carbocycles. The summed E-state index contributed by atoms with van der Waals surface area (Å²) < 4.78 is 19.2. The number of halogens is 2. The van der Waals surface area contributed by atoms with E-state index in [1.54, 1.807) is 19.1 Å². The van der Waals surface area contributed by atoms with E-state index >= 15 is 0 Å². The molecule has 0 aromatic heterocycles. The van der Waals surface area contributed by atoms with Gasteiger partial charge in [0.1, 0.15) is 5.82 Å². The van der Waals surface area contributed by atoms with E-state index in [2.05, 4.69) is 15.9 Å². The smallest absolute Gasteiger partial charge is 0.307 e. The van der Waals surface area contributed by atoms with Crippen LogP contribution in [0.3, 0.4) is 0 Å². The average Bonchev–Trinajstić information content (AvgIpc) is 2.32. The number of ether oxygens (including phenoxy) is 1. The topological polar surface area (TPSA) is 29.5 Å². The quantitative estimate of drug-likeness (QED) is 0.755. The highest BCUT2D eigenvalue weighted by Gasteiger charge is 2.08. The summed E-state index contributed by atoms with van der Waals surface area (Å²) in [5.74, 6) is -0.458. The molecule has 1 aromatic rings. The molecule has 18 heavy (non-hydrogen) atoms. The molecule has 0 spiro atoms. The molecular formula is C13H17BrFNO2. The van der Waals surface area contributed by atoms with Gasteiger partial charge >= 0.3 is 5.97 Å². The second kappa shape index (κ2) is 7.48. The van der Waals surface area contributed by atoms with Crippen molar-refractivity contribution < 1.29 is 13.9 Å². The van der Waals surface area contributed by atoms with E-state index in [-0.39, 0.29) is 11.8 Å². The van der Waals surface area contributed by atoms with Gasteiger partial charge in [0, 0.05) is 23.1 Å². The summed E-state index contributed by atoms with van der Waals surface area (Å²) in [4.78, 5) is 13.1. The summed E-state index contributed by atoms with van der Waals surface area (Å²) >= 11 is 3.31. The number of benzene rings is 1. The molecule has 0 unspecified atom stereocenters. The van der Waals surface area contributed by atoms with Crippen LogP contribution in [0.5, 0.6) is 0 Å². The molecule has 3 nitrogen and oxygen atoms in total. The van der Waals surface area contributed by atoms with Crippen molar-refractivity contribution in [3.8, 4) is 0 Å². The Morgan fingerprint density at radius 3 is 2.89 bits per heavy atom. The molecule has 0 aliphatic rings. The van der Waals surface area contributed by atoms with Gasteiger partial charge in [-0.3, -0.25) is 4.79 Å². The fourth-order valence-electron chi connectivity index (χ4n) is 1.55. The van der Waals surface area contributed by atoms with Crippen molar-refractivity contribution in [3.63, 3.8) is 0 Å². The Morgan fingerprint density at radius 1 is 1.50 bits per heavy atom. The Bertz CT molecular complexity index is 412. The molecule has 5 heteroatoms. The Morgan fingerprint density at radius 2 is 2.22 bits per heavy atom. The zero-order valence-electron chi connectivity index (χ0n) is 10.6. The molecule has 1 rings (SSSR count). The first kappa shape index (κ1) is 15.1. The lowest BCUT2D eigenvalue weighted by Crippen LogP contribution is -2.22. The van der Waals surface area contributed by atoms with Gasteiger partial charge < -0.3 is 9.64 Å². The van der Waals surface area contributed by atoms with Gasteiger partial charge in [0.05, 0.1) is 13.0 Å². The van der Waals surface area contributed by atoms with E-state index in [1.807, 2.05) is 11.9 Å². The second-order valence-electron chi connectivity index (χ2n) is 4.03. The second-order valence-corrected chi connectivity index (χ2v) is 4.94. The molecule has 0 amide bonds. The molecular weight excluding hydrogens is 301 g/mol. The van der Waals surface area contributed by atoms with Gasteiger partial charge in [-0.05, 0) is 32.2 Å². The zero-order chi connectivity index (χ0) is 13.5. The van der Waals surface area contributed by atoms with E-state index in [0.717, 1.165) is 4.47 Å². The predicted molar refractivity (Wildman–Crippen MR) is 71.7 cm³/mol. The zero-order valence-corrected chi connectivity index (χ0v) is 12.2. The minimum absolute atomic E-state index is 0.223. The number of nitrogens with zero attached hydrogens (tertiary/aromatic N) is 1. The lowest BCUT2D eigenvalue weighted by molar-refractivity contribution is -0.143. The van der Waals surface area contributed by atoms with E-state index in [0.29, 0.717) is 31.7 Å². The van der Waals surface area contributed by atoms with Crippen LogP contribution in [0.1, 0.15) is 18.9 Å². The van der Waals surface area contributed by atoms with Crippen molar-refractivity contribution in [3.05, 3.63) is 34.1 Å². The van der Waals surface area contributed by atoms with E-state index in [9.17, 15) is 9.18 Å². The molecule has 0 saturated heterocycles. The van der Waals surface area contributed by atoms with Crippen LogP contribution in [0.15, 0.2) is 22.7 Å². The van der Waals surface area contributed by atoms with Gasteiger partial charge in [0.25, 0.3) is 0 Å². The van der Waals surface area contributed by atoms with Crippen LogP contribution in [0, 0.1) is 5.82 Å². The fourth-order valence-corrected chi connectivity index (χ4v) is 1.96. The first-order chi connectivity index (χ1) is 8.52. The molecule has 0 saturated carbocycles. The summed E-state index contributed by atoms with van der Waals surface area (Å²) in [6.07, 6.45) is 0.319. The predicted octanol–water partition coefficient (Wildman–Crippen LogP) is 2.97. The maximum Gasteiger partial charge on any atom is 0.307 e. The molecule has 0 aliphatic heterocycles. The highest BCUT2D eigenvalue weighted by Crippen LogP contribution is 2.16. The molecule has 0 heterocycles. The van der Waals surface area contributed by atoms with Crippen LogP contribution in [0.2, 0.25) is 0 Å². The van der Waals surface area contributed by atoms with E-state index in [1.165, 1.54) is 6.07 Å². The van der Waals surface area contributed by atoms with Crippen LogP contribution < -0.4 is 0 Å². The molecule has 0 atom stereocenters. The highest BCUT2D eigenvalue weighted by atomic mass is 79.9.